The highest BCUT2D eigenvalue weighted by molar-refractivity contribution is 7.25. The van der Waals surface area contributed by atoms with E-state index in [2.05, 4.69) is 121 Å². The van der Waals surface area contributed by atoms with Crippen LogP contribution >= 0.6 is 11.3 Å². The zero-order valence-electron chi connectivity index (χ0n) is 23.0. The molecule has 0 atom stereocenters. The first-order valence-corrected chi connectivity index (χ1v) is 15.2. The molecular weight excluding hydrogens is 543 g/mol. The van der Waals surface area contributed by atoms with Gasteiger partial charge in [-0.3, -0.25) is 0 Å². The van der Waals surface area contributed by atoms with Crippen LogP contribution in [0.1, 0.15) is 0 Å². The van der Waals surface area contributed by atoms with Gasteiger partial charge in [-0.05, 0) is 39.1 Å². The summed E-state index contributed by atoms with van der Waals surface area (Å²) in [6, 6.07) is 49.1. The Morgan fingerprint density at radius 1 is 0.349 bits per heavy atom. The molecule has 43 heavy (non-hydrogen) atoms. The average Bonchev–Trinajstić information content (AvgIpc) is 3.47. The van der Waals surface area contributed by atoms with Crippen LogP contribution in [0.4, 0.5) is 0 Å². The standard InChI is InChI=1S/C39H23N3S/c1-2-11-27(12-3-1)37-40-38(42-39(41-37)31-17-9-19-33-36(31)29-15-6-7-18-32(29)43-33)30-16-8-13-25-22-23-26-21-20-24-10-4-5-14-28(24)34(26)35(25)30/h1-23H. The lowest BCUT2D eigenvalue weighted by Gasteiger charge is -2.14. The fraction of sp³-hybridized carbons (Fsp3) is 0. The van der Waals surface area contributed by atoms with Crippen LogP contribution in [0.5, 0.6) is 0 Å². The molecule has 0 fully saturated rings. The van der Waals surface area contributed by atoms with Crippen molar-refractivity contribution in [2.45, 2.75) is 0 Å². The monoisotopic (exact) mass is 565 g/mol. The minimum atomic E-state index is 0.666. The number of aromatic nitrogens is 3. The summed E-state index contributed by atoms with van der Waals surface area (Å²) >= 11 is 1.80. The molecule has 0 aliphatic heterocycles. The van der Waals surface area contributed by atoms with E-state index in [0.29, 0.717) is 17.5 Å². The highest BCUT2D eigenvalue weighted by atomic mass is 32.1. The second-order valence-corrected chi connectivity index (χ2v) is 11.9. The maximum atomic E-state index is 5.26. The summed E-state index contributed by atoms with van der Waals surface area (Å²) in [4.78, 5) is 15.5. The second kappa shape index (κ2) is 9.55. The zero-order valence-corrected chi connectivity index (χ0v) is 23.8. The molecule has 0 radical (unpaired) electrons. The van der Waals surface area contributed by atoms with E-state index in [1.54, 1.807) is 11.3 Å². The number of hydrogen-bond donors (Lipinski definition) is 0. The lowest BCUT2D eigenvalue weighted by Crippen LogP contribution is -2.01. The molecule has 2 heterocycles. The fourth-order valence-corrected chi connectivity index (χ4v) is 7.49. The molecule has 200 valence electrons. The molecule has 3 nitrogen and oxygen atoms in total. The van der Waals surface area contributed by atoms with Crippen LogP contribution in [-0.2, 0) is 0 Å². The molecule has 9 rings (SSSR count). The van der Waals surface area contributed by atoms with Gasteiger partial charge < -0.3 is 0 Å². The second-order valence-electron chi connectivity index (χ2n) is 10.8. The minimum absolute atomic E-state index is 0.666. The average molecular weight is 566 g/mol. The van der Waals surface area contributed by atoms with E-state index < -0.39 is 0 Å². The Bertz CT molecular complexity index is 2510. The van der Waals surface area contributed by atoms with Crippen LogP contribution in [-0.4, -0.2) is 15.0 Å². The third-order valence-electron chi connectivity index (χ3n) is 8.30. The molecular formula is C39H23N3S. The third-order valence-corrected chi connectivity index (χ3v) is 9.44. The van der Waals surface area contributed by atoms with Crippen molar-refractivity contribution in [3.63, 3.8) is 0 Å². The van der Waals surface area contributed by atoms with Crippen molar-refractivity contribution >= 4 is 63.8 Å². The van der Waals surface area contributed by atoms with Crippen molar-refractivity contribution < 1.29 is 0 Å². The van der Waals surface area contributed by atoms with Crippen molar-refractivity contribution in [2.75, 3.05) is 0 Å². The van der Waals surface area contributed by atoms with Crippen LogP contribution in [0.25, 0.3) is 86.7 Å². The molecule has 0 amide bonds. The van der Waals surface area contributed by atoms with Crippen molar-refractivity contribution in [3.05, 3.63) is 140 Å². The summed E-state index contributed by atoms with van der Waals surface area (Å²) in [6.45, 7) is 0. The topological polar surface area (TPSA) is 38.7 Å². The van der Waals surface area contributed by atoms with Crippen LogP contribution < -0.4 is 0 Å². The lowest BCUT2D eigenvalue weighted by atomic mass is 9.93. The number of rotatable bonds is 3. The maximum Gasteiger partial charge on any atom is 0.164 e. The highest BCUT2D eigenvalue weighted by Gasteiger charge is 2.19. The fourth-order valence-electron chi connectivity index (χ4n) is 6.35. The molecule has 9 aromatic rings. The molecule has 0 N–H and O–H groups in total. The molecule has 0 aliphatic rings. The van der Waals surface area contributed by atoms with E-state index in [1.807, 2.05) is 18.2 Å². The van der Waals surface area contributed by atoms with Gasteiger partial charge in [0.05, 0.1) is 0 Å². The predicted octanol–water partition coefficient (Wildman–Crippen LogP) is 10.7. The van der Waals surface area contributed by atoms with Crippen molar-refractivity contribution in [1.82, 2.24) is 15.0 Å². The maximum absolute atomic E-state index is 5.26. The van der Waals surface area contributed by atoms with E-state index >= 15 is 0 Å². The predicted molar refractivity (Wildman–Crippen MR) is 182 cm³/mol. The van der Waals surface area contributed by atoms with Crippen LogP contribution in [0.2, 0.25) is 0 Å². The molecule has 4 heteroatoms. The van der Waals surface area contributed by atoms with Gasteiger partial charge in [-0.1, -0.05) is 127 Å². The van der Waals surface area contributed by atoms with Crippen molar-refractivity contribution in [1.29, 1.82) is 0 Å². The first-order chi connectivity index (χ1) is 21.3. The van der Waals surface area contributed by atoms with Crippen molar-refractivity contribution in [2.24, 2.45) is 0 Å². The summed E-state index contributed by atoms with van der Waals surface area (Å²) < 4.78 is 2.49. The minimum Gasteiger partial charge on any atom is -0.208 e. The van der Waals surface area contributed by atoms with Gasteiger partial charge in [0.15, 0.2) is 17.5 Å². The third kappa shape index (κ3) is 3.84. The Balaban J connectivity index is 1.40. The van der Waals surface area contributed by atoms with E-state index in [4.69, 9.17) is 15.0 Å². The quantitative estimate of drug-likeness (QED) is 0.200. The van der Waals surface area contributed by atoms with Crippen LogP contribution in [0, 0.1) is 0 Å². The smallest absolute Gasteiger partial charge is 0.164 e. The SMILES string of the molecule is c1ccc(-c2nc(-c3cccc4sc5ccccc5c34)nc(-c3cccc4ccc5ccc6ccccc6c5c34)n2)cc1. The number of nitrogens with zero attached hydrogens (tertiary/aromatic N) is 3. The van der Waals surface area contributed by atoms with Gasteiger partial charge in [0.25, 0.3) is 0 Å². The van der Waals surface area contributed by atoms with Gasteiger partial charge in [-0.25, -0.2) is 15.0 Å². The van der Waals surface area contributed by atoms with Crippen LogP contribution in [0.3, 0.4) is 0 Å². The van der Waals surface area contributed by atoms with E-state index in [1.165, 1.54) is 41.7 Å². The summed E-state index contributed by atoms with van der Waals surface area (Å²) in [6.07, 6.45) is 0. The van der Waals surface area contributed by atoms with E-state index in [0.717, 1.165) is 27.5 Å². The largest absolute Gasteiger partial charge is 0.208 e. The molecule has 2 aromatic heterocycles. The molecule has 0 unspecified atom stereocenters. The zero-order chi connectivity index (χ0) is 28.3. The summed E-state index contributed by atoms with van der Waals surface area (Å²) in [7, 11) is 0. The molecule has 0 aliphatic carbocycles. The molecule has 7 aromatic carbocycles. The summed E-state index contributed by atoms with van der Waals surface area (Å²) in [5.41, 5.74) is 2.99. The Morgan fingerprint density at radius 3 is 1.72 bits per heavy atom. The Kier molecular flexibility index (Phi) is 5.37. The number of benzene rings is 7. The van der Waals surface area contributed by atoms with Crippen molar-refractivity contribution in [3.8, 4) is 34.2 Å². The summed E-state index contributed by atoms with van der Waals surface area (Å²) in [5, 5.41) is 9.60. The molecule has 0 saturated heterocycles. The van der Waals surface area contributed by atoms with Gasteiger partial charge in [0, 0.05) is 42.2 Å². The first-order valence-electron chi connectivity index (χ1n) is 14.4. The number of thiophene rings is 1. The Labute approximate surface area is 251 Å². The highest BCUT2D eigenvalue weighted by Crippen LogP contribution is 2.41. The normalized spacial score (nSPS) is 11.7. The molecule has 0 saturated carbocycles. The number of hydrogen-bond acceptors (Lipinski definition) is 4. The van der Waals surface area contributed by atoms with Gasteiger partial charge in [-0.2, -0.15) is 0 Å². The number of fused-ring (bicyclic) bond motifs is 8. The first kappa shape index (κ1) is 24.2. The summed E-state index contributed by atoms with van der Waals surface area (Å²) in [5.74, 6) is 2.02. The van der Waals surface area contributed by atoms with Gasteiger partial charge in [0.2, 0.25) is 0 Å². The Morgan fingerprint density at radius 2 is 0.907 bits per heavy atom. The van der Waals surface area contributed by atoms with Crippen LogP contribution in [0.15, 0.2) is 140 Å². The van der Waals surface area contributed by atoms with Gasteiger partial charge in [-0.15, -0.1) is 11.3 Å². The molecule has 0 spiro atoms. The van der Waals surface area contributed by atoms with E-state index in [-0.39, 0.29) is 0 Å². The van der Waals surface area contributed by atoms with Gasteiger partial charge in [0.1, 0.15) is 0 Å². The molecule has 0 bridgehead atoms. The van der Waals surface area contributed by atoms with Gasteiger partial charge >= 0.3 is 0 Å². The van der Waals surface area contributed by atoms with E-state index in [9.17, 15) is 0 Å². The lowest BCUT2D eigenvalue weighted by molar-refractivity contribution is 1.08. The Hall–Kier alpha value is -5.45.